The van der Waals surface area contributed by atoms with Crippen LogP contribution in [0.5, 0.6) is 11.5 Å². The first-order chi connectivity index (χ1) is 11.0. The molecule has 1 aromatic carbocycles. The van der Waals surface area contributed by atoms with Gasteiger partial charge in [0.2, 0.25) is 0 Å². The minimum atomic E-state index is -0.579. The van der Waals surface area contributed by atoms with E-state index in [1.165, 1.54) is 19.1 Å². The molecule has 23 heavy (non-hydrogen) atoms. The Morgan fingerprint density at radius 2 is 2.22 bits per heavy atom. The minimum Gasteiger partial charge on any atom is -0.493 e. The molecule has 0 radical (unpaired) electrons. The molecule has 126 valence electrons. The standard InChI is InChI=1S/C16H21NO6/c1-17(6-7-18)16(20)23-13-4-3-11(10-14(13)21-2)9-12-5-8-22-15(12)19/h3-4,10,12,18H,5-9H2,1-2H3/t12-/m0/s1. The monoisotopic (exact) mass is 323 g/mol. The summed E-state index contributed by atoms with van der Waals surface area (Å²) >= 11 is 0. The highest BCUT2D eigenvalue weighted by Gasteiger charge is 2.27. The number of rotatable bonds is 6. The van der Waals surface area contributed by atoms with Gasteiger partial charge in [-0.1, -0.05) is 6.07 Å². The van der Waals surface area contributed by atoms with Crippen LogP contribution in [0.25, 0.3) is 0 Å². The van der Waals surface area contributed by atoms with Crippen LogP contribution in [0.3, 0.4) is 0 Å². The van der Waals surface area contributed by atoms with Crippen molar-refractivity contribution in [2.45, 2.75) is 12.8 Å². The lowest BCUT2D eigenvalue weighted by Crippen LogP contribution is -2.32. The van der Waals surface area contributed by atoms with E-state index in [9.17, 15) is 9.59 Å². The van der Waals surface area contributed by atoms with Crippen molar-refractivity contribution < 1.29 is 28.9 Å². The van der Waals surface area contributed by atoms with Gasteiger partial charge in [0, 0.05) is 13.6 Å². The Kier molecular flexibility index (Phi) is 5.81. The largest absolute Gasteiger partial charge is 0.493 e. The number of aliphatic hydroxyl groups is 1. The molecule has 1 aliphatic rings. The van der Waals surface area contributed by atoms with Crippen molar-refractivity contribution >= 4 is 12.1 Å². The summed E-state index contributed by atoms with van der Waals surface area (Å²) in [5.41, 5.74) is 0.911. The zero-order valence-electron chi connectivity index (χ0n) is 13.3. The van der Waals surface area contributed by atoms with Gasteiger partial charge in [-0.2, -0.15) is 0 Å². The number of amides is 1. The first kappa shape index (κ1) is 17.1. The van der Waals surface area contributed by atoms with Gasteiger partial charge in [-0.05, 0) is 30.5 Å². The normalized spacial score (nSPS) is 16.8. The molecule has 1 aliphatic heterocycles. The van der Waals surface area contributed by atoms with Gasteiger partial charge >= 0.3 is 12.1 Å². The molecule has 0 aromatic heterocycles. The molecule has 0 bridgehead atoms. The zero-order chi connectivity index (χ0) is 16.8. The highest BCUT2D eigenvalue weighted by molar-refractivity contribution is 5.74. The minimum absolute atomic E-state index is 0.135. The number of ether oxygens (including phenoxy) is 3. The number of cyclic esters (lactones) is 1. The summed E-state index contributed by atoms with van der Waals surface area (Å²) in [7, 11) is 3.02. The molecule has 0 spiro atoms. The van der Waals surface area contributed by atoms with Gasteiger partial charge < -0.3 is 24.2 Å². The van der Waals surface area contributed by atoms with Crippen LogP contribution in [0.1, 0.15) is 12.0 Å². The lowest BCUT2D eigenvalue weighted by Gasteiger charge is -2.17. The molecule has 1 fully saturated rings. The fourth-order valence-corrected chi connectivity index (χ4v) is 2.34. The second kappa shape index (κ2) is 7.82. The van der Waals surface area contributed by atoms with Crippen molar-refractivity contribution in [1.29, 1.82) is 0 Å². The Morgan fingerprint density at radius 1 is 1.43 bits per heavy atom. The summed E-state index contributed by atoms with van der Waals surface area (Å²) < 4.78 is 15.5. The molecule has 2 rings (SSSR count). The van der Waals surface area contributed by atoms with Gasteiger partial charge in [0.25, 0.3) is 0 Å². The third-order valence-electron chi connectivity index (χ3n) is 3.70. The number of esters is 1. The van der Waals surface area contributed by atoms with Crippen LogP contribution in [0, 0.1) is 5.92 Å². The van der Waals surface area contributed by atoms with Gasteiger partial charge in [0.05, 0.1) is 26.2 Å². The molecule has 1 heterocycles. The van der Waals surface area contributed by atoms with Crippen molar-refractivity contribution in [3.63, 3.8) is 0 Å². The van der Waals surface area contributed by atoms with Crippen molar-refractivity contribution in [2.75, 3.05) is 33.9 Å². The zero-order valence-corrected chi connectivity index (χ0v) is 13.3. The third-order valence-corrected chi connectivity index (χ3v) is 3.70. The summed E-state index contributed by atoms with van der Waals surface area (Å²) in [4.78, 5) is 24.7. The number of methoxy groups -OCH3 is 1. The summed E-state index contributed by atoms with van der Waals surface area (Å²) in [5, 5.41) is 8.83. The average Bonchev–Trinajstić information content (AvgIpc) is 2.94. The van der Waals surface area contributed by atoms with Crippen LogP contribution in [-0.2, 0) is 16.0 Å². The van der Waals surface area contributed by atoms with E-state index in [-0.39, 0.29) is 25.0 Å². The number of hydrogen-bond donors (Lipinski definition) is 1. The van der Waals surface area contributed by atoms with Gasteiger partial charge in [-0.25, -0.2) is 4.79 Å². The highest BCUT2D eigenvalue weighted by atomic mass is 16.6. The fourth-order valence-electron chi connectivity index (χ4n) is 2.34. The van der Waals surface area contributed by atoms with E-state index in [2.05, 4.69) is 0 Å². The third kappa shape index (κ3) is 4.35. The average molecular weight is 323 g/mol. The lowest BCUT2D eigenvalue weighted by atomic mass is 9.98. The van der Waals surface area contributed by atoms with Gasteiger partial charge in [-0.3, -0.25) is 4.79 Å². The van der Waals surface area contributed by atoms with Gasteiger partial charge in [-0.15, -0.1) is 0 Å². The predicted octanol–water partition coefficient (Wildman–Crippen LogP) is 1.22. The quantitative estimate of drug-likeness (QED) is 0.793. The summed E-state index contributed by atoms with van der Waals surface area (Å²) in [6, 6.07) is 5.18. The van der Waals surface area contributed by atoms with Crippen LogP contribution in [-0.4, -0.2) is 56.0 Å². The molecule has 7 heteroatoms. The van der Waals surface area contributed by atoms with Crippen molar-refractivity contribution in [3.05, 3.63) is 23.8 Å². The number of aliphatic hydroxyl groups excluding tert-OH is 1. The SMILES string of the molecule is COc1cc(C[C@@H]2CCOC2=O)ccc1OC(=O)N(C)CCO. The number of carbonyl (C=O) groups is 2. The molecule has 0 aliphatic carbocycles. The predicted molar refractivity (Wildman–Crippen MR) is 81.5 cm³/mol. The number of likely N-dealkylation sites (N-methyl/N-ethyl adjacent to an activating group) is 1. The number of carbonyl (C=O) groups excluding carboxylic acids is 2. The van der Waals surface area contributed by atoms with Crippen LogP contribution in [0.4, 0.5) is 4.79 Å². The molecule has 0 saturated carbocycles. The van der Waals surface area contributed by atoms with Crippen LogP contribution >= 0.6 is 0 Å². The van der Waals surface area contributed by atoms with E-state index in [0.29, 0.717) is 30.9 Å². The maximum atomic E-state index is 11.9. The van der Waals surface area contributed by atoms with Gasteiger partial charge in [0.15, 0.2) is 11.5 Å². The number of nitrogens with zero attached hydrogens (tertiary/aromatic N) is 1. The molecule has 1 N–H and O–H groups in total. The maximum absolute atomic E-state index is 11.9. The smallest absolute Gasteiger partial charge is 0.415 e. The van der Waals surface area contributed by atoms with E-state index in [1.54, 1.807) is 18.2 Å². The molecular weight excluding hydrogens is 302 g/mol. The first-order valence-electron chi connectivity index (χ1n) is 7.42. The van der Waals surface area contributed by atoms with Crippen molar-refractivity contribution in [2.24, 2.45) is 5.92 Å². The Hall–Kier alpha value is -2.28. The highest BCUT2D eigenvalue weighted by Crippen LogP contribution is 2.30. The first-order valence-corrected chi connectivity index (χ1v) is 7.42. The van der Waals surface area contributed by atoms with E-state index >= 15 is 0 Å². The summed E-state index contributed by atoms with van der Waals surface area (Å²) in [5.74, 6) is 0.397. The van der Waals surface area contributed by atoms with E-state index in [1.807, 2.05) is 0 Å². The second-order valence-corrected chi connectivity index (χ2v) is 5.36. The van der Waals surface area contributed by atoms with Crippen LogP contribution in [0.15, 0.2) is 18.2 Å². The molecule has 0 unspecified atom stereocenters. The van der Waals surface area contributed by atoms with E-state index < -0.39 is 6.09 Å². The van der Waals surface area contributed by atoms with Gasteiger partial charge in [0.1, 0.15) is 0 Å². The van der Waals surface area contributed by atoms with E-state index in [0.717, 1.165) is 5.56 Å². The topological polar surface area (TPSA) is 85.3 Å². The summed E-state index contributed by atoms with van der Waals surface area (Å²) in [6.45, 7) is 0.510. The maximum Gasteiger partial charge on any atom is 0.415 e. The van der Waals surface area contributed by atoms with Crippen molar-refractivity contribution in [3.8, 4) is 11.5 Å². The lowest BCUT2D eigenvalue weighted by molar-refractivity contribution is -0.141. The molecule has 1 amide bonds. The molecule has 1 saturated heterocycles. The Balaban J connectivity index is 2.07. The number of hydrogen-bond acceptors (Lipinski definition) is 6. The Morgan fingerprint density at radius 3 is 2.83 bits per heavy atom. The summed E-state index contributed by atoms with van der Waals surface area (Å²) in [6.07, 6.45) is 0.696. The number of benzene rings is 1. The van der Waals surface area contributed by atoms with Crippen LogP contribution in [0.2, 0.25) is 0 Å². The van der Waals surface area contributed by atoms with Crippen LogP contribution < -0.4 is 9.47 Å². The Labute approximate surface area is 134 Å². The fraction of sp³-hybridized carbons (Fsp3) is 0.500. The molecule has 1 atom stereocenters. The molecule has 7 nitrogen and oxygen atoms in total. The van der Waals surface area contributed by atoms with E-state index in [4.69, 9.17) is 19.3 Å². The molecular formula is C16H21NO6. The second-order valence-electron chi connectivity index (χ2n) is 5.36. The van der Waals surface area contributed by atoms with Crippen molar-refractivity contribution in [1.82, 2.24) is 4.90 Å². The molecule has 1 aromatic rings. The Bertz CT molecular complexity index is 574.